The zero-order valence-electron chi connectivity index (χ0n) is 16.4. The van der Waals surface area contributed by atoms with Gasteiger partial charge in [0.2, 0.25) is 5.91 Å². The summed E-state index contributed by atoms with van der Waals surface area (Å²) in [6.45, 7) is 0.274. The number of nitrogens with one attached hydrogen (secondary N) is 2. The normalized spacial score (nSPS) is 10.2. The Balaban J connectivity index is 1.87. The van der Waals surface area contributed by atoms with Crippen LogP contribution in [-0.2, 0) is 14.3 Å². The Hall–Kier alpha value is -4.16. The smallest absolute Gasteiger partial charge is 0.338 e. The molecule has 2 amide bonds. The average molecular weight is 455 g/mol. The number of hydrogen-bond acceptors (Lipinski definition) is 7. The van der Waals surface area contributed by atoms with Gasteiger partial charge < -0.3 is 20.1 Å². The highest BCUT2D eigenvalue weighted by molar-refractivity contribution is 5.95. The fourth-order valence-corrected chi connectivity index (χ4v) is 2.33. The first-order valence-electron chi connectivity index (χ1n) is 8.92. The number of anilines is 1. The summed E-state index contributed by atoms with van der Waals surface area (Å²) < 4.78 is 49.3. The summed E-state index contributed by atoms with van der Waals surface area (Å²) in [5.41, 5.74) is -1.31. The van der Waals surface area contributed by atoms with Crippen LogP contribution in [0.5, 0.6) is 5.75 Å². The summed E-state index contributed by atoms with van der Waals surface area (Å²) in [6.07, 6.45) is 0. The van der Waals surface area contributed by atoms with Crippen LogP contribution >= 0.6 is 0 Å². The van der Waals surface area contributed by atoms with Crippen LogP contribution in [-0.4, -0.2) is 42.5 Å². The van der Waals surface area contributed by atoms with Gasteiger partial charge in [0.05, 0.1) is 29.3 Å². The third kappa shape index (κ3) is 6.17. The third-order valence-electron chi connectivity index (χ3n) is 3.78. The molecule has 0 aliphatic carbocycles. The summed E-state index contributed by atoms with van der Waals surface area (Å²) >= 11 is 0. The SMILES string of the molecule is CCOc1ccc(C(=O)OCC(=O)NCC(=O)Nc2ccc(F)c(F)c2F)cc1[N+](=O)[O-]. The average Bonchev–Trinajstić information content (AvgIpc) is 2.76. The van der Waals surface area contributed by atoms with Crippen molar-refractivity contribution in [3.05, 3.63) is 63.5 Å². The Morgan fingerprint density at radius 3 is 2.44 bits per heavy atom. The van der Waals surface area contributed by atoms with E-state index >= 15 is 0 Å². The Morgan fingerprint density at radius 1 is 1.06 bits per heavy atom. The molecule has 0 aliphatic rings. The van der Waals surface area contributed by atoms with E-state index in [4.69, 9.17) is 9.47 Å². The highest BCUT2D eigenvalue weighted by atomic mass is 19.2. The van der Waals surface area contributed by atoms with Gasteiger partial charge in [-0.25, -0.2) is 18.0 Å². The maximum absolute atomic E-state index is 13.5. The summed E-state index contributed by atoms with van der Waals surface area (Å²) in [5, 5.41) is 15.1. The van der Waals surface area contributed by atoms with Gasteiger partial charge in [-0.2, -0.15) is 0 Å². The molecule has 2 rings (SSSR count). The first-order valence-corrected chi connectivity index (χ1v) is 8.92. The van der Waals surface area contributed by atoms with Crippen molar-refractivity contribution in [3.8, 4) is 5.75 Å². The van der Waals surface area contributed by atoms with E-state index in [0.29, 0.717) is 6.07 Å². The Kier molecular flexibility index (Phi) is 8.10. The van der Waals surface area contributed by atoms with Crippen LogP contribution in [0, 0.1) is 27.6 Å². The number of nitrogens with zero attached hydrogens (tertiary/aromatic N) is 1. The molecule has 13 heteroatoms. The van der Waals surface area contributed by atoms with E-state index < -0.39 is 64.7 Å². The van der Waals surface area contributed by atoms with Crippen LogP contribution in [0.1, 0.15) is 17.3 Å². The van der Waals surface area contributed by atoms with E-state index in [9.17, 15) is 37.7 Å². The number of esters is 1. The second kappa shape index (κ2) is 10.7. The van der Waals surface area contributed by atoms with Crippen LogP contribution in [0.2, 0.25) is 0 Å². The van der Waals surface area contributed by atoms with Crippen molar-refractivity contribution >= 4 is 29.2 Å². The number of nitro benzene ring substituents is 1. The van der Waals surface area contributed by atoms with Crippen LogP contribution in [0.4, 0.5) is 24.5 Å². The highest BCUT2D eigenvalue weighted by Gasteiger charge is 2.20. The number of carbonyl (C=O) groups excluding carboxylic acids is 3. The summed E-state index contributed by atoms with van der Waals surface area (Å²) in [5.74, 6) is -7.78. The maximum atomic E-state index is 13.5. The summed E-state index contributed by atoms with van der Waals surface area (Å²) in [7, 11) is 0. The molecule has 0 aliphatic heterocycles. The quantitative estimate of drug-likeness (QED) is 0.256. The molecule has 0 fully saturated rings. The lowest BCUT2D eigenvalue weighted by atomic mass is 10.2. The Labute approximate surface area is 178 Å². The predicted octanol–water partition coefficient (Wildman–Crippen LogP) is 2.32. The van der Waals surface area contributed by atoms with E-state index in [1.807, 2.05) is 5.32 Å². The summed E-state index contributed by atoms with van der Waals surface area (Å²) in [6, 6.07) is 4.75. The number of carbonyl (C=O) groups is 3. The van der Waals surface area contributed by atoms with Gasteiger partial charge in [-0.3, -0.25) is 19.7 Å². The molecular formula is C19H16F3N3O7. The zero-order chi connectivity index (χ0) is 23.8. The van der Waals surface area contributed by atoms with Crippen molar-refractivity contribution in [3.63, 3.8) is 0 Å². The third-order valence-corrected chi connectivity index (χ3v) is 3.78. The minimum atomic E-state index is -1.77. The molecule has 0 spiro atoms. The predicted molar refractivity (Wildman–Crippen MR) is 103 cm³/mol. The molecule has 0 heterocycles. The number of amides is 2. The second-order valence-corrected chi connectivity index (χ2v) is 6.00. The van der Waals surface area contributed by atoms with E-state index in [0.717, 1.165) is 12.1 Å². The molecule has 2 N–H and O–H groups in total. The van der Waals surface area contributed by atoms with Crippen molar-refractivity contribution in [1.82, 2.24) is 5.32 Å². The topological polar surface area (TPSA) is 137 Å². The van der Waals surface area contributed by atoms with E-state index in [-0.39, 0.29) is 17.9 Å². The fourth-order valence-electron chi connectivity index (χ4n) is 2.33. The molecule has 0 saturated carbocycles. The van der Waals surface area contributed by atoms with Gasteiger partial charge in [-0.05, 0) is 31.2 Å². The standard InChI is InChI=1S/C19H16F3N3O7/c1-2-31-14-6-3-10(7-13(14)25(29)30)19(28)32-9-16(27)23-8-15(26)24-12-5-4-11(20)17(21)18(12)22/h3-7H,2,8-9H2,1H3,(H,23,27)(H,24,26). The number of hydrogen-bond donors (Lipinski definition) is 2. The lowest BCUT2D eigenvalue weighted by Gasteiger charge is -2.09. The van der Waals surface area contributed by atoms with Crippen LogP contribution in [0.25, 0.3) is 0 Å². The molecule has 0 saturated heterocycles. The highest BCUT2D eigenvalue weighted by Crippen LogP contribution is 2.28. The van der Waals surface area contributed by atoms with Crippen LogP contribution in [0.3, 0.4) is 0 Å². The number of rotatable bonds is 9. The lowest BCUT2D eigenvalue weighted by Crippen LogP contribution is -2.35. The van der Waals surface area contributed by atoms with Gasteiger partial charge in [0, 0.05) is 6.07 Å². The molecule has 0 unspecified atom stereocenters. The van der Waals surface area contributed by atoms with Crippen molar-refractivity contribution in [2.45, 2.75) is 6.92 Å². The molecule has 0 bridgehead atoms. The van der Waals surface area contributed by atoms with E-state index in [2.05, 4.69) is 5.32 Å². The maximum Gasteiger partial charge on any atom is 0.338 e. The van der Waals surface area contributed by atoms with Gasteiger partial charge in [0.25, 0.3) is 5.91 Å². The lowest BCUT2D eigenvalue weighted by molar-refractivity contribution is -0.385. The van der Waals surface area contributed by atoms with E-state index in [1.165, 1.54) is 12.1 Å². The molecule has 32 heavy (non-hydrogen) atoms. The number of benzene rings is 2. The molecule has 10 nitrogen and oxygen atoms in total. The Bertz CT molecular complexity index is 1060. The number of halogens is 3. The first-order chi connectivity index (χ1) is 15.1. The summed E-state index contributed by atoms with van der Waals surface area (Å²) in [4.78, 5) is 45.8. The van der Waals surface area contributed by atoms with Crippen LogP contribution < -0.4 is 15.4 Å². The molecule has 170 valence electrons. The van der Waals surface area contributed by atoms with Gasteiger partial charge in [0.15, 0.2) is 29.8 Å². The van der Waals surface area contributed by atoms with Crippen molar-refractivity contribution in [2.75, 3.05) is 25.1 Å². The molecule has 0 atom stereocenters. The minimum Gasteiger partial charge on any atom is -0.487 e. The van der Waals surface area contributed by atoms with Crippen LogP contribution in [0.15, 0.2) is 30.3 Å². The largest absolute Gasteiger partial charge is 0.487 e. The van der Waals surface area contributed by atoms with E-state index in [1.54, 1.807) is 6.92 Å². The van der Waals surface area contributed by atoms with Gasteiger partial charge >= 0.3 is 11.7 Å². The van der Waals surface area contributed by atoms with Gasteiger partial charge in [-0.15, -0.1) is 0 Å². The molecule has 2 aromatic rings. The monoisotopic (exact) mass is 455 g/mol. The number of ether oxygens (including phenoxy) is 2. The van der Waals surface area contributed by atoms with Crippen molar-refractivity contribution in [2.24, 2.45) is 0 Å². The fraction of sp³-hybridized carbons (Fsp3) is 0.211. The number of nitro groups is 1. The van der Waals surface area contributed by atoms with Crippen molar-refractivity contribution in [1.29, 1.82) is 0 Å². The zero-order valence-corrected chi connectivity index (χ0v) is 16.4. The molecular weight excluding hydrogens is 439 g/mol. The second-order valence-electron chi connectivity index (χ2n) is 6.00. The molecule has 0 aromatic heterocycles. The molecule has 2 aromatic carbocycles. The van der Waals surface area contributed by atoms with Gasteiger partial charge in [-0.1, -0.05) is 0 Å². The molecule has 0 radical (unpaired) electrons. The Morgan fingerprint density at radius 2 is 1.78 bits per heavy atom. The first kappa shape index (κ1) is 24.1. The van der Waals surface area contributed by atoms with Crippen molar-refractivity contribution < 1.29 is 42.0 Å². The van der Waals surface area contributed by atoms with Gasteiger partial charge in [0.1, 0.15) is 0 Å². The minimum absolute atomic E-state index is 0.0460.